The van der Waals surface area contributed by atoms with Gasteiger partial charge < -0.3 is 15.3 Å². The van der Waals surface area contributed by atoms with Crippen molar-refractivity contribution in [3.05, 3.63) is 5.82 Å². The fourth-order valence-electron chi connectivity index (χ4n) is 1.38. The standard InChI is InChI=1S/C7H12N6O.C2HF3O2/c1-12-10-6(9-11-12)7(14)13-4-2-8-3-5-13;3-2(4,5)1(6)7/h8H,2-5H2,1H3;(H,6,7). The lowest BCUT2D eigenvalue weighted by Crippen LogP contribution is -2.46. The van der Waals surface area contributed by atoms with Crippen molar-refractivity contribution in [1.82, 2.24) is 30.4 Å². The van der Waals surface area contributed by atoms with E-state index in [1.165, 1.54) is 4.80 Å². The fraction of sp³-hybridized carbons (Fsp3) is 0.667. The van der Waals surface area contributed by atoms with Crippen LogP contribution in [-0.4, -0.2) is 74.4 Å². The van der Waals surface area contributed by atoms with Crippen molar-refractivity contribution in [2.75, 3.05) is 26.2 Å². The van der Waals surface area contributed by atoms with Gasteiger partial charge >= 0.3 is 12.1 Å². The summed E-state index contributed by atoms with van der Waals surface area (Å²) in [4.78, 5) is 23.6. The highest BCUT2D eigenvalue weighted by Gasteiger charge is 2.38. The number of hydrogen-bond donors (Lipinski definition) is 2. The summed E-state index contributed by atoms with van der Waals surface area (Å²) in [5.74, 6) is -2.72. The number of aromatic nitrogens is 4. The number of tetrazole rings is 1. The predicted octanol–water partition coefficient (Wildman–Crippen LogP) is -1.11. The molecule has 2 N–H and O–H groups in total. The Morgan fingerprint density at radius 2 is 1.81 bits per heavy atom. The van der Waals surface area contributed by atoms with Gasteiger partial charge in [-0.25, -0.2) is 4.79 Å². The van der Waals surface area contributed by atoms with Gasteiger partial charge in [-0.15, -0.1) is 10.2 Å². The van der Waals surface area contributed by atoms with E-state index < -0.39 is 12.1 Å². The first kappa shape index (κ1) is 16.8. The normalized spacial score (nSPS) is 15.1. The lowest BCUT2D eigenvalue weighted by molar-refractivity contribution is -0.192. The van der Waals surface area contributed by atoms with E-state index in [9.17, 15) is 18.0 Å². The van der Waals surface area contributed by atoms with Crippen LogP contribution in [0, 0.1) is 0 Å². The van der Waals surface area contributed by atoms with E-state index in [0.29, 0.717) is 13.1 Å². The number of rotatable bonds is 1. The van der Waals surface area contributed by atoms with Gasteiger partial charge in [-0.2, -0.15) is 18.0 Å². The van der Waals surface area contributed by atoms with E-state index in [1.807, 2.05) is 0 Å². The Bertz CT molecular complexity index is 497. The zero-order valence-corrected chi connectivity index (χ0v) is 11.0. The predicted molar refractivity (Wildman–Crippen MR) is 61.3 cm³/mol. The molecule has 1 fully saturated rings. The molecule has 9 nitrogen and oxygen atoms in total. The van der Waals surface area contributed by atoms with Gasteiger partial charge in [0.25, 0.3) is 11.7 Å². The molecule has 0 bridgehead atoms. The van der Waals surface area contributed by atoms with E-state index in [0.717, 1.165) is 13.1 Å². The average molecular weight is 310 g/mol. The summed E-state index contributed by atoms with van der Waals surface area (Å²) in [6.07, 6.45) is -5.08. The number of carbonyl (C=O) groups is 2. The number of amides is 1. The van der Waals surface area contributed by atoms with Crippen LogP contribution in [0.15, 0.2) is 0 Å². The quantitative estimate of drug-likeness (QED) is 0.676. The summed E-state index contributed by atoms with van der Waals surface area (Å²) in [6, 6.07) is 0. The number of aliphatic carboxylic acids is 1. The SMILES string of the molecule is Cn1nnc(C(=O)N2CCNCC2)n1.O=C(O)C(F)(F)F. The minimum atomic E-state index is -5.08. The second kappa shape index (κ2) is 6.97. The van der Waals surface area contributed by atoms with Crippen LogP contribution in [0.25, 0.3) is 0 Å². The monoisotopic (exact) mass is 310 g/mol. The van der Waals surface area contributed by atoms with Gasteiger partial charge in [0.2, 0.25) is 0 Å². The summed E-state index contributed by atoms with van der Waals surface area (Å²) in [5.41, 5.74) is 0. The molecule has 0 unspecified atom stereocenters. The molecule has 2 heterocycles. The van der Waals surface area contributed by atoms with Crippen molar-refractivity contribution in [3.8, 4) is 0 Å². The number of nitrogens with zero attached hydrogens (tertiary/aromatic N) is 5. The third-order valence-corrected chi connectivity index (χ3v) is 2.35. The Labute approximate surface area is 116 Å². The highest BCUT2D eigenvalue weighted by Crippen LogP contribution is 2.13. The second-order valence-electron chi connectivity index (χ2n) is 3.95. The van der Waals surface area contributed by atoms with Crippen LogP contribution in [0.5, 0.6) is 0 Å². The Kier molecular flexibility index (Phi) is 5.58. The van der Waals surface area contributed by atoms with Crippen molar-refractivity contribution < 1.29 is 27.9 Å². The molecule has 0 atom stereocenters. The molecule has 0 aromatic carbocycles. The number of alkyl halides is 3. The highest BCUT2D eigenvalue weighted by molar-refractivity contribution is 5.90. The number of carboxylic acid groups (broad SMARTS) is 1. The van der Waals surface area contributed by atoms with Crippen molar-refractivity contribution in [3.63, 3.8) is 0 Å². The lowest BCUT2D eigenvalue weighted by atomic mass is 10.3. The zero-order valence-electron chi connectivity index (χ0n) is 11.0. The molecule has 1 aromatic heterocycles. The number of nitrogens with one attached hydrogen (secondary N) is 1. The topological polar surface area (TPSA) is 113 Å². The van der Waals surface area contributed by atoms with Crippen molar-refractivity contribution in [1.29, 1.82) is 0 Å². The van der Waals surface area contributed by atoms with Gasteiger partial charge in [0, 0.05) is 26.2 Å². The average Bonchev–Trinajstić information content (AvgIpc) is 2.85. The molecule has 118 valence electrons. The van der Waals surface area contributed by atoms with Crippen LogP contribution in [-0.2, 0) is 11.8 Å². The van der Waals surface area contributed by atoms with E-state index in [-0.39, 0.29) is 11.7 Å². The number of carbonyl (C=O) groups excluding carboxylic acids is 1. The Morgan fingerprint density at radius 1 is 1.29 bits per heavy atom. The highest BCUT2D eigenvalue weighted by atomic mass is 19.4. The first-order chi connectivity index (χ1) is 9.71. The maximum absolute atomic E-state index is 11.7. The van der Waals surface area contributed by atoms with E-state index in [2.05, 4.69) is 20.7 Å². The lowest BCUT2D eigenvalue weighted by Gasteiger charge is -2.25. The Balaban J connectivity index is 0.000000270. The summed E-state index contributed by atoms with van der Waals surface area (Å²) >= 11 is 0. The molecular formula is C9H13F3N6O3. The number of aryl methyl sites for hydroxylation is 1. The second-order valence-corrected chi connectivity index (χ2v) is 3.95. The summed E-state index contributed by atoms with van der Waals surface area (Å²) in [6.45, 7) is 3.06. The van der Waals surface area contributed by atoms with Crippen molar-refractivity contribution in [2.24, 2.45) is 7.05 Å². The Morgan fingerprint density at radius 3 is 2.19 bits per heavy atom. The number of piperazine rings is 1. The summed E-state index contributed by atoms with van der Waals surface area (Å²) in [7, 11) is 1.64. The molecule has 12 heteroatoms. The third-order valence-electron chi connectivity index (χ3n) is 2.35. The van der Waals surface area contributed by atoms with Gasteiger partial charge in [0.1, 0.15) is 0 Å². The van der Waals surface area contributed by atoms with Crippen LogP contribution in [0.2, 0.25) is 0 Å². The Hall–Kier alpha value is -2.24. The molecule has 0 radical (unpaired) electrons. The molecule has 2 rings (SSSR count). The molecule has 1 amide bonds. The maximum Gasteiger partial charge on any atom is 0.490 e. The molecule has 0 spiro atoms. The smallest absolute Gasteiger partial charge is 0.475 e. The van der Waals surface area contributed by atoms with Crippen LogP contribution in [0.3, 0.4) is 0 Å². The minimum absolute atomic E-state index is 0.139. The molecule has 0 saturated carbocycles. The van der Waals surface area contributed by atoms with Crippen LogP contribution < -0.4 is 5.32 Å². The van der Waals surface area contributed by atoms with Crippen molar-refractivity contribution in [2.45, 2.75) is 6.18 Å². The van der Waals surface area contributed by atoms with Crippen molar-refractivity contribution >= 4 is 11.9 Å². The van der Waals surface area contributed by atoms with E-state index in [4.69, 9.17) is 9.90 Å². The molecule has 1 aliphatic rings. The maximum atomic E-state index is 11.7. The number of halogens is 3. The third kappa shape index (κ3) is 5.33. The van der Waals surface area contributed by atoms with Gasteiger partial charge in [-0.1, -0.05) is 0 Å². The molecule has 1 aromatic rings. The number of carboxylic acids is 1. The van der Waals surface area contributed by atoms with E-state index in [1.54, 1.807) is 11.9 Å². The first-order valence-corrected chi connectivity index (χ1v) is 5.76. The van der Waals surface area contributed by atoms with Gasteiger partial charge in [0.15, 0.2) is 0 Å². The molecular weight excluding hydrogens is 297 g/mol. The molecule has 1 aliphatic heterocycles. The molecule has 0 aliphatic carbocycles. The van der Waals surface area contributed by atoms with Crippen LogP contribution in [0.4, 0.5) is 13.2 Å². The summed E-state index contributed by atoms with van der Waals surface area (Å²) in [5, 5.41) is 21.5. The van der Waals surface area contributed by atoms with E-state index >= 15 is 0 Å². The molecule has 1 saturated heterocycles. The fourth-order valence-corrected chi connectivity index (χ4v) is 1.38. The van der Waals surface area contributed by atoms with Gasteiger partial charge in [-0.05, 0) is 5.21 Å². The first-order valence-electron chi connectivity index (χ1n) is 5.76. The van der Waals surface area contributed by atoms with Gasteiger partial charge in [0.05, 0.1) is 7.05 Å². The van der Waals surface area contributed by atoms with Crippen LogP contribution in [0.1, 0.15) is 10.6 Å². The minimum Gasteiger partial charge on any atom is -0.475 e. The summed E-state index contributed by atoms with van der Waals surface area (Å²) < 4.78 is 31.7. The number of hydrogen-bond acceptors (Lipinski definition) is 6. The van der Waals surface area contributed by atoms with Gasteiger partial charge in [-0.3, -0.25) is 4.79 Å². The molecule has 21 heavy (non-hydrogen) atoms. The zero-order chi connectivity index (χ0) is 16.0. The largest absolute Gasteiger partial charge is 0.490 e. The van der Waals surface area contributed by atoms with Crippen LogP contribution >= 0.6 is 0 Å².